The summed E-state index contributed by atoms with van der Waals surface area (Å²) in [6.45, 7) is 3.79. The molecule has 35 heavy (non-hydrogen) atoms. The quantitative estimate of drug-likeness (QED) is 0.274. The molecule has 0 fully saturated rings. The summed E-state index contributed by atoms with van der Waals surface area (Å²) in [5.74, 6) is -4.92. The first kappa shape index (κ1) is 27.4. The van der Waals surface area contributed by atoms with Gasteiger partial charge < -0.3 is 20.4 Å². The van der Waals surface area contributed by atoms with Gasteiger partial charge in [0.15, 0.2) is 0 Å². The summed E-state index contributed by atoms with van der Waals surface area (Å²) < 4.78 is 0. The van der Waals surface area contributed by atoms with Crippen molar-refractivity contribution in [2.75, 3.05) is 0 Å². The van der Waals surface area contributed by atoms with Crippen molar-refractivity contribution in [2.24, 2.45) is 0 Å². The topological polar surface area (TPSA) is 149 Å². The maximum atomic E-state index is 11.0. The number of benzene rings is 4. The summed E-state index contributed by atoms with van der Waals surface area (Å²) in [6.07, 6.45) is 0. The van der Waals surface area contributed by atoms with E-state index in [9.17, 15) is 19.2 Å². The predicted molar refractivity (Wildman–Crippen MR) is 125 cm³/mol. The van der Waals surface area contributed by atoms with Crippen LogP contribution in [0.3, 0.4) is 0 Å². The van der Waals surface area contributed by atoms with Crippen molar-refractivity contribution >= 4 is 45.4 Å². The number of carboxylic acids is 4. The molecule has 0 amide bonds. The summed E-state index contributed by atoms with van der Waals surface area (Å²) in [4.78, 5) is 43.9. The van der Waals surface area contributed by atoms with Crippen molar-refractivity contribution < 1.29 is 65.8 Å². The molecular formula is C26H20O8Zr. The van der Waals surface area contributed by atoms with E-state index in [0.29, 0.717) is 0 Å². The third kappa shape index (κ3) is 6.19. The zero-order chi connectivity index (χ0) is 25.2. The van der Waals surface area contributed by atoms with Crippen molar-refractivity contribution in [3.63, 3.8) is 0 Å². The zero-order valence-electron chi connectivity index (χ0n) is 18.7. The molecule has 0 atom stereocenters. The molecule has 0 bridgehead atoms. The van der Waals surface area contributed by atoms with Crippen LogP contribution in [0.5, 0.6) is 0 Å². The average Bonchev–Trinajstić information content (AvgIpc) is 2.77. The Morgan fingerprint density at radius 2 is 0.714 bits per heavy atom. The van der Waals surface area contributed by atoms with Gasteiger partial charge in [0.2, 0.25) is 0 Å². The van der Waals surface area contributed by atoms with Gasteiger partial charge in [0.25, 0.3) is 0 Å². The Morgan fingerprint density at radius 1 is 0.457 bits per heavy atom. The molecule has 8 nitrogen and oxygen atoms in total. The standard InChI is InChI=1S/2C13H10O4.Zr/c2*1-7-2-3-8-5-10(12(14)15)11(13(16)17)6-9(8)4-7;/h2*2-6H,1H3,(H,14,15)(H,16,17);. The van der Waals surface area contributed by atoms with Gasteiger partial charge in [0, 0.05) is 26.2 Å². The van der Waals surface area contributed by atoms with Crippen molar-refractivity contribution in [1.82, 2.24) is 0 Å². The number of fused-ring (bicyclic) bond motifs is 2. The molecular weight excluding hydrogens is 532 g/mol. The second-order valence-corrected chi connectivity index (χ2v) is 7.72. The van der Waals surface area contributed by atoms with Crippen LogP contribution < -0.4 is 0 Å². The van der Waals surface area contributed by atoms with E-state index in [2.05, 4.69) is 0 Å². The molecule has 9 heteroatoms. The molecule has 0 aliphatic heterocycles. The van der Waals surface area contributed by atoms with Crippen molar-refractivity contribution in [1.29, 1.82) is 0 Å². The first-order chi connectivity index (χ1) is 16.0. The number of carbonyl (C=O) groups is 4. The summed E-state index contributed by atoms with van der Waals surface area (Å²) in [6, 6.07) is 16.5. The molecule has 0 saturated heterocycles. The van der Waals surface area contributed by atoms with Crippen LogP contribution in [0.15, 0.2) is 60.7 Å². The second kappa shape index (κ2) is 11.1. The average molecular weight is 552 g/mol. The van der Waals surface area contributed by atoms with Crippen LogP contribution in [0.2, 0.25) is 0 Å². The van der Waals surface area contributed by atoms with Crippen LogP contribution in [-0.2, 0) is 26.2 Å². The van der Waals surface area contributed by atoms with E-state index < -0.39 is 23.9 Å². The van der Waals surface area contributed by atoms with E-state index in [1.807, 2.05) is 38.1 Å². The SMILES string of the molecule is Cc1ccc2cc(C(=O)O)c(C(=O)O)cc2c1.Cc1ccc2cc(C(=O)O)c(C(=O)O)cc2c1.[Zr]. The molecule has 4 aromatic carbocycles. The van der Waals surface area contributed by atoms with Gasteiger partial charge in [-0.1, -0.05) is 47.5 Å². The van der Waals surface area contributed by atoms with Gasteiger partial charge in [0.05, 0.1) is 22.3 Å². The molecule has 0 heterocycles. The van der Waals surface area contributed by atoms with E-state index in [1.165, 1.54) is 24.3 Å². The van der Waals surface area contributed by atoms with E-state index in [1.54, 1.807) is 12.1 Å². The van der Waals surface area contributed by atoms with Gasteiger partial charge in [-0.25, -0.2) is 19.2 Å². The van der Waals surface area contributed by atoms with E-state index in [0.717, 1.165) is 32.7 Å². The summed E-state index contributed by atoms with van der Waals surface area (Å²) in [5.41, 5.74) is 1.25. The Hall–Kier alpha value is -3.84. The minimum Gasteiger partial charge on any atom is -0.478 e. The third-order valence-electron chi connectivity index (χ3n) is 5.19. The molecule has 0 radical (unpaired) electrons. The number of rotatable bonds is 4. The van der Waals surface area contributed by atoms with Crippen LogP contribution in [0.25, 0.3) is 21.5 Å². The largest absolute Gasteiger partial charge is 0.478 e. The molecule has 4 N–H and O–H groups in total. The van der Waals surface area contributed by atoms with Gasteiger partial charge in [0.1, 0.15) is 0 Å². The Morgan fingerprint density at radius 3 is 0.971 bits per heavy atom. The maximum Gasteiger partial charge on any atom is 0.336 e. The number of aryl methyl sites for hydroxylation is 2. The summed E-state index contributed by atoms with van der Waals surface area (Å²) in [7, 11) is 0. The van der Waals surface area contributed by atoms with Crippen LogP contribution in [0.4, 0.5) is 0 Å². The van der Waals surface area contributed by atoms with Gasteiger partial charge >= 0.3 is 23.9 Å². The molecule has 0 aromatic heterocycles. The Bertz CT molecular complexity index is 1380. The van der Waals surface area contributed by atoms with Crippen LogP contribution in [0.1, 0.15) is 52.6 Å². The number of carboxylic acid groups (broad SMARTS) is 4. The van der Waals surface area contributed by atoms with Crippen LogP contribution >= 0.6 is 0 Å². The smallest absolute Gasteiger partial charge is 0.336 e. The van der Waals surface area contributed by atoms with Crippen molar-refractivity contribution in [3.05, 3.63) is 94.0 Å². The maximum absolute atomic E-state index is 11.0. The molecule has 4 rings (SSSR count). The van der Waals surface area contributed by atoms with Gasteiger partial charge in [-0.3, -0.25) is 0 Å². The van der Waals surface area contributed by atoms with Crippen LogP contribution in [-0.4, -0.2) is 44.3 Å². The van der Waals surface area contributed by atoms with E-state index in [4.69, 9.17) is 20.4 Å². The second-order valence-electron chi connectivity index (χ2n) is 7.72. The zero-order valence-corrected chi connectivity index (χ0v) is 21.2. The van der Waals surface area contributed by atoms with E-state index in [-0.39, 0.29) is 48.5 Å². The summed E-state index contributed by atoms with van der Waals surface area (Å²) in [5, 5.41) is 38.8. The fraction of sp³-hybridized carbons (Fsp3) is 0.0769. The minimum atomic E-state index is -1.23. The van der Waals surface area contributed by atoms with Crippen molar-refractivity contribution in [2.45, 2.75) is 13.8 Å². The van der Waals surface area contributed by atoms with Gasteiger partial charge in [-0.15, -0.1) is 0 Å². The number of hydrogen-bond donors (Lipinski definition) is 4. The number of hydrogen-bond acceptors (Lipinski definition) is 4. The Labute approximate surface area is 218 Å². The fourth-order valence-corrected chi connectivity index (χ4v) is 3.54. The van der Waals surface area contributed by atoms with Gasteiger partial charge in [-0.2, -0.15) is 0 Å². The molecule has 176 valence electrons. The molecule has 4 aromatic rings. The summed E-state index contributed by atoms with van der Waals surface area (Å²) >= 11 is 0. The molecule has 0 saturated carbocycles. The monoisotopic (exact) mass is 550 g/mol. The Balaban J connectivity index is 0.000000240. The van der Waals surface area contributed by atoms with Crippen LogP contribution in [0, 0.1) is 13.8 Å². The third-order valence-corrected chi connectivity index (χ3v) is 5.19. The molecule has 0 unspecified atom stereocenters. The fourth-order valence-electron chi connectivity index (χ4n) is 3.54. The molecule has 0 spiro atoms. The normalized spacial score (nSPS) is 10.1. The Kier molecular flexibility index (Phi) is 8.66. The van der Waals surface area contributed by atoms with Gasteiger partial charge in [-0.05, 0) is 59.7 Å². The predicted octanol–water partition coefficient (Wildman–Crippen LogP) is 5.09. The number of aromatic carboxylic acids is 4. The first-order valence-electron chi connectivity index (χ1n) is 10.00. The molecule has 0 aliphatic carbocycles. The molecule has 0 aliphatic rings. The van der Waals surface area contributed by atoms with Crippen molar-refractivity contribution in [3.8, 4) is 0 Å². The first-order valence-corrected chi connectivity index (χ1v) is 10.00. The van der Waals surface area contributed by atoms with E-state index >= 15 is 0 Å². The minimum absolute atomic E-state index is 0.